The summed E-state index contributed by atoms with van der Waals surface area (Å²) in [7, 11) is 1.54. The Labute approximate surface area is 117 Å². The van der Waals surface area contributed by atoms with Crippen molar-refractivity contribution in [3.05, 3.63) is 11.9 Å². The van der Waals surface area contributed by atoms with Crippen LogP contribution in [0.15, 0.2) is 6.07 Å². The van der Waals surface area contributed by atoms with Gasteiger partial charge in [0.05, 0.1) is 26.9 Å². The van der Waals surface area contributed by atoms with E-state index >= 15 is 0 Å². The van der Waals surface area contributed by atoms with E-state index in [2.05, 4.69) is 14.9 Å². The number of morpholine rings is 1. The Bertz CT molecular complexity index is 461. The van der Waals surface area contributed by atoms with Crippen LogP contribution in [0.5, 0.6) is 5.88 Å². The molecular weight excluding hydrogens is 262 g/mol. The van der Waals surface area contributed by atoms with Crippen LogP contribution in [0.3, 0.4) is 0 Å². The zero-order valence-electron chi connectivity index (χ0n) is 11.8. The van der Waals surface area contributed by atoms with Gasteiger partial charge < -0.3 is 19.1 Å². The molecule has 0 saturated carbocycles. The van der Waals surface area contributed by atoms with Crippen molar-refractivity contribution in [1.82, 2.24) is 9.97 Å². The molecule has 0 unspecified atom stereocenters. The van der Waals surface area contributed by atoms with Crippen molar-refractivity contribution >= 4 is 11.8 Å². The lowest BCUT2D eigenvalue weighted by atomic mass is 10.3. The molecule has 0 aliphatic carbocycles. The zero-order valence-corrected chi connectivity index (χ0v) is 11.8. The first-order valence-electron chi connectivity index (χ1n) is 6.63. The summed E-state index contributed by atoms with van der Waals surface area (Å²) >= 11 is 0. The van der Waals surface area contributed by atoms with Crippen molar-refractivity contribution in [2.24, 2.45) is 0 Å². The maximum Gasteiger partial charge on any atom is 0.313 e. The number of esters is 1. The molecule has 0 N–H and O–H groups in total. The van der Waals surface area contributed by atoms with Crippen LogP contribution in [0.1, 0.15) is 12.7 Å². The molecule has 2 rings (SSSR count). The average molecular weight is 281 g/mol. The van der Waals surface area contributed by atoms with Gasteiger partial charge in [-0.3, -0.25) is 4.79 Å². The zero-order chi connectivity index (χ0) is 14.4. The van der Waals surface area contributed by atoms with Crippen molar-refractivity contribution < 1.29 is 19.0 Å². The van der Waals surface area contributed by atoms with Gasteiger partial charge in [0.2, 0.25) is 5.88 Å². The number of nitrogens with zero attached hydrogens (tertiary/aromatic N) is 3. The second-order valence-electron chi connectivity index (χ2n) is 4.27. The summed E-state index contributed by atoms with van der Waals surface area (Å²) in [5, 5.41) is 0. The third-order valence-corrected chi connectivity index (χ3v) is 2.89. The van der Waals surface area contributed by atoms with E-state index in [1.54, 1.807) is 20.1 Å². The third kappa shape index (κ3) is 3.80. The summed E-state index contributed by atoms with van der Waals surface area (Å²) in [4.78, 5) is 22.2. The van der Waals surface area contributed by atoms with Crippen LogP contribution in [0.25, 0.3) is 0 Å². The Morgan fingerprint density at radius 2 is 2.15 bits per heavy atom. The fourth-order valence-electron chi connectivity index (χ4n) is 1.94. The fraction of sp³-hybridized carbons (Fsp3) is 0.615. The summed E-state index contributed by atoms with van der Waals surface area (Å²) in [5.41, 5.74) is 0. The van der Waals surface area contributed by atoms with Crippen LogP contribution < -0.4 is 9.64 Å². The molecule has 7 nitrogen and oxygen atoms in total. The monoisotopic (exact) mass is 281 g/mol. The Morgan fingerprint density at radius 3 is 2.80 bits per heavy atom. The average Bonchev–Trinajstić information content (AvgIpc) is 2.48. The minimum absolute atomic E-state index is 0.0440. The number of aromatic nitrogens is 2. The first-order chi connectivity index (χ1) is 9.72. The van der Waals surface area contributed by atoms with E-state index in [-0.39, 0.29) is 12.4 Å². The van der Waals surface area contributed by atoms with E-state index in [4.69, 9.17) is 14.2 Å². The maximum absolute atomic E-state index is 11.5. The Morgan fingerprint density at radius 1 is 1.40 bits per heavy atom. The van der Waals surface area contributed by atoms with Crippen LogP contribution in [0, 0.1) is 0 Å². The number of rotatable bonds is 5. The molecule has 1 saturated heterocycles. The summed E-state index contributed by atoms with van der Waals surface area (Å²) in [6, 6.07) is 1.76. The predicted octanol–water partition coefficient (Wildman–Crippen LogP) is 0.427. The molecule has 1 aromatic rings. The van der Waals surface area contributed by atoms with Crippen molar-refractivity contribution in [3.63, 3.8) is 0 Å². The SMILES string of the molecule is CCOC(=O)Cc1nc(OC)cc(N2CCOCC2)n1. The molecule has 0 radical (unpaired) electrons. The highest BCUT2D eigenvalue weighted by Crippen LogP contribution is 2.18. The molecule has 0 amide bonds. The number of carbonyl (C=O) groups excluding carboxylic acids is 1. The second kappa shape index (κ2) is 7.04. The molecule has 0 spiro atoms. The maximum atomic E-state index is 11.5. The van der Waals surface area contributed by atoms with Crippen molar-refractivity contribution in [1.29, 1.82) is 0 Å². The Hall–Kier alpha value is -1.89. The standard InChI is InChI=1S/C13H19N3O4/c1-3-20-13(17)8-10-14-11(9-12(15-10)18-2)16-4-6-19-7-5-16/h9H,3-8H2,1-2H3. The summed E-state index contributed by atoms with van der Waals surface area (Å²) in [5.74, 6) is 1.26. The van der Waals surface area contributed by atoms with Gasteiger partial charge in [-0.05, 0) is 6.92 Å². The first-order valence-corrected chi connectivity index (χ1v) is 6.63. The molecule has 1 aliphatic rings. The van der Waals surface area contributed by atoms with Gasteiger partial charge in [0.15, 0.2) is 0 Å². The summed E-state index contributed by atoms with van der Waals surface area (Å²) in [6.07, 6.45) is 0.0440. The van der Waals surface area contributed by atoms with E-state index in [0.717, 1.165) is 18.9 Å². The highest BCUT2D eigenvalue weighted by Gasteiger charge is 2.16. The Balaban J connectivity index is 2.16. The van der Waals surface area contributed by atoms with Crippen LogP contribution in [0.4, 0.5) is 5.82 Å². The molecule has 1 aromatic heterocycles. The number of methoxy groups -OCH3 is 1. The number of ether oxygens (including phenoxy) is 3. The molecule has 1 fully saturated rings. The molecule has 0 atom stereocenters. The van der Waals surface area contributed by atoms with Gasteiger partial charge in [-0.2, -0.15) is 4.98 Å². The van der Waals surface area contributed by atoms with Gasteiger partial charge in [-0.25, -0.2) is 4.98 Å². The number of hydrogen-bond acceptors (Lipinski definition) is 7. The number of carbonyl (C=O) groups is 1. The van der Waals surface area contributed by atoms with E-state index in [9.17, 15) is 4.79 Å². The number of hydrogen-bond donors (Lipinski definition) is 0. The molecule has 110 valence electrons. The number of anilines is 1. The Kier molecular flexibility index (Phi) is 5.11. The molecule has 2 heterocycles. The highest BCUT2D eigenvalue weighted by atomic mass is 16.5. The lowest BCUT2D eigenvalue weighted by Gasteiger charge is -2.28. The van der Waals surface area contributed by atoms with E-state index < -0.39 is 0 Å². The molecule has 7 heteroatoms. The van der Waals surface area contributed by atoms with Gasteiger partial charge >= 0.3 is 5.97 Å². The predicted molar refractivity (Wildman–Crippen MR) is 72.0 cm³/mol. The molecule has 0 aromatic carbocycles. The van der Waals surface area contributed by atoms with Gasteiger partial charge in [-0.15, -0.1) is 0 Å². The lowest BCUT2D eigenvalue weighted by Crippen LogP contribution is -2.37. The molecule has 20 heavy (non-hydrogen) atoms. The van der Waals surface area contributed by atoms with E-state index in [1.807, 2.05) is 0 Å². The van der Waals surface area contributed by atoms with Crippen molar-refractivity contribution in [3.8, 4) is 5.88 Å². The quantitative estimate of drug-likeness (QED) is 0.724. The van der Waals surface area contributed by atoms with Gasteiger partial charge in [-0.1, -0.05) is 0 Å². The smallest absolute Gasteiger partial charge is 0.313 e. The molecule has 1 aliphatic heterocycles. The first kappa shape index (κ1) is 14.5. The van der Waals surface area contributed by atoms with E-state index in [1.165, 1.54) is 0 Å². The summed E-state index contributed by atoms with van der Waals surface area (Å²) in [6.45, 7) is 4.97. The summed E-state index contributed by atoms with van der Waals surface area (Å²) < 4.78 is 15.4. The normalized spacial score (nSPS) is 15.0. The van der Waals surface area contributed by atoms with Crippen molar-refractivity contribution in [2.75, 3.05) is 44.9 Å². The van der Waals surface area contributed by atoms with Crippen molar-refractivity contribution in [2.45, 2.75) is 13.3 Å². The van der Waals surface area contributed by atoms with Gasteiger partial charge in [0.1, 0.15) is 18.1 Å². The van der Waals surface area contributed by atoms with E-state index in [0.29, 0.717) is 31.5 Å². The minimum Gasteiger partial charge on any atom is -0.481 e. The molecular formula is C13H19N3O4. The largest absolute Gasteiger partial charge is 0.481 e. The van der Waals surface area contributed by atoms with Gasteiger partial charge in [0, 0.05) is 19.2 Å². The topological polar surface area (TPSA) is 73.8 Å². The second-order valence-corrected chi connectivity index (χ2v) is 4.27. The molecule has 0 bridgehead atoms. The van der Waals surface area contributed by atoms with Crippen LogP contribution >= 0.6 is 0 Å². The fourth-order valence-corrected chi connectivity index (χ4v) is 1.94. The minimum atomic E-state index is -0.339. The third-order valence-electron chi connectivity index (χ3n) is 2.89. The highest BCUT2D eigenvalue weighted by molar-refractivity contribution is 5.71. The van der Waals surface area contributed by atoms with Crippen LogP contribution in [-0.4, -0.2) is 56.0 Å². The lowest BCUT2D eigenvalue weighted by molar-refractivity contribution is -0.142. The van der Waals surface area contributed by atoms with Crippen LogP contribution in [0.2, 0.25) is 0 Å². The van der Waals surface area contributed by atoms with Crippen LogP contribution in [-0.2, 0) is 20.7 Å². The van der Waals surface area contributed by atoms with Gasteiger partial charge in [0.25, 0.3) is 0 Å².